The van der Waals surface area contributed by atoms with Gasteiger partial charge in [-0.3, -0.25) is 0 Å². The van der Waals surface area contributed by atoms with Gasteiger partial charge in [0.25, 0.3) is 0 Å². The maximum atomic E-state index is 11.6. The number of carbonyl (C=O) groups is 1. The molecular formula is C15H20N2O3. The summed E-state index contributed by atoms with van der Waals surface area (Å²) in [6.07, 6.45) is 4.84. The van der Waals surface area contributed by atoms with Crippen LogP contribution < -0.4 is 5.32 Å². The standard InChI is InChI=1S/C15H20N2O3/c1-15(2,3)20-13(18)5-4-11-8-12-10-19-7-6-16-14(12)17-9-11/h4-5,8-9H,6-7,10H2,1-3H3,(H,16,17)/b5-4+. The minimum atomic E-state index is -0.481. The number of anilines is 1. The first-order valence-corrected chi connectivity index (χ1v) is 6.66. The van der Waals surface area contributed by atoms with Crippen molar-refractivity contribution in [2.24, 2.45) is 0 Å². The Balaban J connectivity index is 2.06. The van der Waals surface area contributed by atoms with Crippen LogP contribution >= 0.6 is 0 Å². The molecule has 0 saturated heterocycles. The topological polar surface area (TPSA) is 60.5 Å². The number of rotatable bonds is 2. The van der Waals surface area contributed by atoms with Gasteiger partial charge < -0.3 is 14.8 Å². The number of aromatic nitrogens is 1. The molecule has 0 amide bonds. The van der Waals surface area contributed by atoms with E-state index in [1.807, 2.05) is 26.8 Å². The van der Waals surface area contributed by atoms with Crippen LogP contribution in [-0.4, -0.2) is 29.7 Å². The summed E-state index contributed by atoms with van der Waals surface area (Å²) in [6.45, 7) is 7.47. The maximum Gasteiger partial charge on any atom is 0.331 e. The third kappa shape index (κ3) is 4.35. The summed E-state index contributed by atoms with van der Waals surface area (Å²) in [5.41, 5.74) is 1.36. The predicted octanol–water partition coefficient (Wildman–Crippen LogP) is 2.38. The minimum absolute atomic E-state index is 0.359. The number of esters is 1. The van der Waals surface area contributed by atoms with Crippen molar-refractivity contribution in [3.63, 3.8) is 0 Å². The van der Waals surface area contributed by atoms with Crippen molar-refractivity contribution in [3.8, 4) is 0 Å². The van der Waals surface area contributed by atoms with E-state index < -0.39 is 5.60 Å². The van der Waals surface area contributed by atoms with Crippen LogP contribution in [0.2, 0.25) is 0 Å². The Morgan fingerprint density at radius 2 is 2.30 bits per heavy atom. The summed E-state index contributed by atoms with van der Waals surface area (Å²) in [4.78, 5) is 15.9. The molecular weight excluding hydrogens is 256 g/mol. The van der Waals surface area contributed by atoms with E-state index >= 15 is 0 Å². The fourth-order valence-corrected chi connectivity index (χ4v) is 1.81. The second-order valence-electron chi connectivity index (χ2n) is 5.62. The minimum Gasteiger partial charge on any atom is -0.457 e. The Hall–Kier alpha value is -1.88. The Bertz CT molecular complexity index is 518. The molecule has 0 unspecified atom stereocenters. The van der Waals surface area contributed by atoms with Gasteiger partial charge in [-0.05, 0) is 38.5 Å². The molecule has 0 aromatic carbocycles. The van der Waals surface area contributed by atoms with Crippen molar-refractivity contribution in [2.75, 3.05) is 18.5 Å². The van der Waals surface area contributed by atoms with E-state index in [1.54, 1.807) is 12.3 Å². The van der Waals surface area contributed by atoms with E-state index in [9.17, 15) is 4.79 Å². The number of pyridine rings is 1. The van der Waals surface area contributed by atoms with Gasteiger partial charge in [-0.1, -0.05) is 0 Å². The van der Waals surface area contributed by atoms with E-state index in [-0.39, 0.29) is 5.97 Å². The highest BCUT2D eigenvalue weighted by atomic mass is 16.6. The first kappa shape index (κ1) is 14.5. The number of fused-ring (bicyclic) bond motifs is 1. The molecule has 20 heavy (non-hydrogen) atoms. The number of nitrogens with zero attached hydrogens (tertiary/aromatic N) is 1. The molecule has 2 rings (SSSR count). The molecule has 5 nitrogen and oxygen atoms in total. The van der Waals surface area contributed by atoms with Gasteiger partial charge in [0.05, 0.1) is 13.2 Å². The molecule has 2 heterocycles. The van der Waals surface area contributed by atoms with Crippen molar-refractivity contribution in [1.82, 2.24) is 4.98 Å². The van der Waals surface area contributed by atoms with Gasteiger partial charge in [-0.2, -0.15) is 0 Å². The average Bonchev–Trinajstić information content (AvgIpc) is 2.58. The van der Waals surface area contributed by atoms with Crippen LogP contribution in [0.1, 0.15) is 31.9 Å². The Labute approximate surface area is 119 Å². The molecule has 0 fully saturated rings. The van der Waals surface area contributed by atoms with Gasteiger partial charge in [0.2, 0.25) is 0 Å². The van der Waals surface area contributed by atoms with Crippen LogP contribution in [0.3, 0.4) is 0 Å². The second kappa shape index (κ2) is 6.05. The first-order chi connectivity index (χ1) is 9.44. The van der Waals surface area contributed by atoms with Crippen molar-refractivity contribution < 1.29 is 14.3 Å². The maximum absolute atomic E-state index is 11.6. The molecule has 1 aliphatic heterocycles. The summed E-state index contributed by atoms with van der Waals surface area (Å²) in [7, 11) is 0. The van der Waals surface area contributed by atoms with Gasteiger partial charge in [0.1, 0.15) is 11.4 Å². The predicted molar refractivity (Wildman–Crippen MR) is 77.3 cm³/mol. The molecule has 0 bridgehead atoms. The third-order valence-electron chi connectivity index (χ3n) is 2.60. The molecule has 0 atom stereocenters. The van der Waals surface area contributed by atoms with Gasteiger partial charge in [-0.25, -0.2) is 9.78 Å². The molecule has 1 aromatic rings. The fourth-order valence-electron chi connectivity index (χ4n) is 1.81. The lowest BCUT2D eigenvalue weighted by molar-refractivity contribution is -0.148. The first-order valence-electron chi connectivity index (χ1n) is 6.66. The van der Waals surface area contributed by atoms with Crippen molar-refractivity contribution in [1.29, 1.82) is 0 Å². The van der Waals surface area contributed by atoms with Crippen LogP contribution in [0.25, 0.3) is 6.08 Å². The van der Waals surface area contributed by atoms with Crippen LogP contribution in [0.5, 0.6) is 0 Å². The van der Waals surface area contributed by atoms with Crippen LogP contribution in [-0.2, 0) is 20.9 Å². The van der Waals surface area contributed by atoms with Crippen LogP contribution in [0.4, 0.5) is 5.82 Å². The quantitative estimate of drug-likeness (QED) is 0.664. The van der Waals surface area contributed by atoms with Gasteiger partial charge in [0, 0.05) is 24.4 Å². The molecule has 5 heteroatoms. The van der Waals surface area contributed by atoms with Crippen LogP contribution in [0, 0.1) is 0 Å². The lowest BCUT2D eigenvalue weighted by atomic mass is 10.1. The van der Waals surface area contributed by atoms with Gasteiger partial charge in [0.15, 0.2) is 0 Å². The zero-order chi connectivity index (χ0) is 14.6. The normalized spacial score (nSPS) is 15.3. The van der Waals surface area contributed by atoms with E-state index in [0.29, 0.717) is 13.2 Å². The molecule has 1 N–H and O–H groups in total. The monoisotopic (exact) mass is 276 g/mol. The number of nitrogens with one attached hydrogen (secondary N) is 1. The van der Waals surface area contributed by atoms with E-state index in [1.165, 1.54) is 6.08 Å². The average molecular weight is 276 g/mol. The highest BCUT2D eigenvalue weighted by Crippen LogP contribution is 2.18. The highest BCUT2D eigenvalue weighted by molar-refractivity contribution is 5.87. The highest BCUT2D eigenvalue weighted by Gasteiger charge is 2.14. The lowest BCUT2D eigenvalue weighted by Gasteiger charge is -2.17. The zero-order valence-electron chi connectivity index (χ0n) is 12.1. The van der Waals surface area contributed by atoms with Gasteiger partial charge in [-0.15, -0.1) is 0 Å². The SMILES string of the molecule is CC(C)(C)OC(=O)/C=C/c1cnc2c(c1)COCCN2. The molecule has 0 aliphatic carbocycles. The van der Waals surface area contributed by atoms with Gasteiger partial charge >= 0.3 is 5.97 Å². The lowest BCUT2D eigenvalue weighted by Crippen LogP contribution is -2.22. The summed E-state index contributed by atoms with van der Waals surface area (Å²) in [6, 6.07) is 1.96. The number of ether oxygens (including phenoxy) is 2. The number of hydrogen-bond acceptors (Lipinski definition) is 5. The smallest absolute Gasteiger partial charge is 0.331 e. The third-order valence-corrected chi connectivity index (χ3v) is 2.60. The molecule has 108 valence electrons. The Kier molecular flexibility index (Phi) is 4.39. The summed E-state index contributed by atoms with van der Waals surface area (Å²) in [5, 5.41) is 3.20. The molecule has 0 radical (unpaired) electrons. The molecule has 0 saturated carbocycles. The second-order valence-corrected chi connectivity index (χ2v) is 5.62. The summed E-state index contributed by atoms with van der Waals surface area (Å²) < 4.78 is 10.7. The molecule has 1 aromatic heterocycles. The van der Waals surface area contributed by atoms with Crippen molar-refractivity contribution >= 4 is 17.9 Å². The van der Waals surface area contributed by atoms with E-state index in [4.69, 9.17) is 9.47 Å². The summed E-state index contributed by atoms with van der Waals surface area (Å²) >= 11 is 0. The summed E-state index contributed by atoms with van der Waals surface area (Å²) in [5.74, 6) is 0.485. The zero-order valence-corrected chi connectivity index (χ0v) is 12.1. The van der Waals surface area contributed by atoms with Crippen molar-refractivity contribution in [3.05, 3.63) is 29.5 Å². The fraction of sp³-hybridized carbons (Fsp3) is 0.467. The van der Waals surface area contributed by atoms with E-state index in [2.05, 4.69) is 10.3 Å². The number of carbonyl (C=O) groups excluding carboxylic acids is 1. The molecule has 1 aliphatic rings. The van der Waals surface area contributed by atoms with Crippen molar-refractivity contribution in [2.45, 2.75) is 33.0 Å². The van der Waals surface area contributed by atoms with E-state index in [0.717, 1.165) is 23.5 Å². The van der Waals surface area contributed by atoms with Crippen LogP contribution in [0.15, 0.2) is 18.3 Å². The molecule has 0 spiro atoms. The largest absolute Gasteiger partial charge is 0.457 e. The Morgan fingerprint density at radius 1 is 1.50 bits per heavy atom. The number of hydrogen-bond donors (Lipinski definition) is 1. The Morgan fingerprint density at radius 3 is 3.05 bits per heavy atom.